The van der Waals surface area contributed by atoms with Crippen LogP contribution in [0.15, 0.2) is 30.3 Å². The Kier molecular flexibility index (Phi) is 4.25. The number of aromatic nitrogens is 2. The van der Waals surface area contributed by atoms with Crippen molar-refractivity contribution >= 4 is 5.82 Å². The lowest BCUT2D eigenvalue weighted by atomic mass is 9.96. The Morgan fingerprint density at radius 2 is 2.12 bits per heavy atom. The molecule has 0 unspecified atom stereocenters. The first-order chi connectivity index (χ1) is 12.6. The monoisotopic (exact) mass is 352 g/mol. The molecule has 0 aliphatic carbocycles. The van der Waals surface area contributed by atoms with Gasteiger partial charge in [0.2, 0.25) is 0 Å². The summed E-state index contributed by atoms with van der Waals surface area (Å²) in [6.07, 6.45) is 7.12. The molecule has 2 fully saturated rings. The van der Waals surface area contributed by atoms with Crippen LogP contribution < -0.4 is 10.2 Å². The van der Waals surface area contributed by atoms with Gasteiger partial charge in [0, 0.05) is 30.3 Å². The first-order valence-corrected chi connectivity index (χ1v) is 8.83. The third-order valence-electron chi connectivity index (χ3n) is 5.50. The second-order valence-electron chi connectivity index (χ2n) is 7.06. The number of aromatic hydroxyl groups is 1. The first-order valence-electron chi connectivity index (χ1n) is 8.83. The van der Waals surface area contributed by atoms with Gasteiger partial charge >= 0.3 is 0 Å². The summed E-state index contributed by atoms with van der Waals surface area (Å²) in [6, 6.07) is 8.72. The van der Waals surface area contributed by atoms with Gasteiger partial charge in [-0.3, -0.25) is 0 Å². The van der Waals surface area contributed by atoms with E-state index in [2.05, 4.69) is 21.4 Å². The fraction of sp³-hybridized carbons (Fsp3) is 0.400. The molecule has 2 aliphatic rings. The number of piperidine rings is 1. The van der Waals surface area contributed by atoms with Crippen molar-refractivity contribution in [3.05, 3.63) is 35.9 Å². The molecular formula is C20H21FN4O. The van der Waals surface area contributed by atoms with Crippen LogP contribution in [0, 0.1) is 12.3 Å². The zero-order chi connectivity index (χ0) is 18.3. The highest BCUT2D eigenvalue weighted by molar-refractivity contribution is 5.68. The van der Waals surface area contributed by atoms with E-state index in [0.717, 1.165) is 19.3 Å². The lowest BCUT2D eigenvalue weighted by Crippen LogP contribution is -2.55. The van der Waals surface area contributed by atoms with Gasteiger partial charge in [0.1, 0.15) is 11.9 Å². The summed E-state index contributed by atoms with van der Waals surface area (Å²) in [6.45, 7) is 0. The zero-order valence-electron chi connectivity index (χ0n) is 14.6. The molecule has 5 nitrogen and oxygen atoms in total. The average Bonchev–Trinajstić information content (AvgIpc) is 3.08. The van der Waals surface area contributed by atoms with Crippen molar-refractivity contribution in [3.8, 4) is 29.4 Å². The molecule has 134 valence electrons. The van der Waals surface area contributed by atoms with Crippen molar-refractivity contribution < 1.29 is 9.50 Å². The minimum Gasteiger partial charge on any atom is -0.507 e. The predicted molar refractivity (Wildman–Crippen MR) is 98.7 cm³/mol. The van der Waals surface area contributed by atoms with E-state index >= 15 is 0 Å². The van der Waals surface area contributed by atoms with Gasteiger partial charge in [0.15, 0.2) is 5.82 Å². The Morgan fingerprint density at radius 1 is 1.27 bits per heavy atom. The molecule has 4 atom stereocenters. The number of hydrogen-bond acceptors (Lipinski definition) is 5. The largest absolute Gasteiger partial charge is 0.507 e. The molecule has 1 aromatic heterocycles. The van der Waals surface area contributed by atoms with Crippen LogP contribution in [-0.4, -0.2) is 46.6 Å². The lowest BCUT2D eigenvalue weighted by molar-refractivity contribution is 0.176. The quantitative estimate of drug-likeness (QED) is 0.831. The molecule has 0 spiro atoms. The average molecular weight is 352 g/mol. The number of anilines is 1. The zero-order valence-corrected chi connectivity index (χ0v) is 14.6. The highest BCUT2D eigenvalue weighted by Gasteiger charge is 2.43. The Morgan fingerprint density at radius 3 is 2.81 bits per heavy atom. The van der Waals surface area contributed by atoms with Crippen LogP contribution in [0.25, 0.3) is 11.3 Å². The van der Waals surface area contributed by atoms with Crippen LogP contribution in [0.5, 0.6) is 5.75 Å². The fourth-order valence-electron chi connectivity index (χ4n) is 4.01. The number of phenols is 1. The molecule has 2 aliphatic heterocycles. The van der Waals surface area contributed by atoms with E-state index < -0.39 is 6.17 Å². The maximum Gasteiger partial charge on any atom is 0.151 e. The smallest absolute Gasteiger partial charge is 0.151 e. The highest BCUT2D eigenvalue weighted by atomic mass is 19.1. The summed E-state index contributed by atoms with van der Waals surface area (Å²) < 4.78 is 14.7. The summed E-state index contributed by atoms with van der Waals surface area (Å²) in [5.74, 6) is 3.17. The number of nitrogens with zero attached hydrogens (tertiary/aromatic N) is 3. The Balaban J connectivity index is 1.55. The SMILES string of the molecule is C#Cc1ccc(-c2ccc(N(C)[C@H]3C[C@@H]4CC[C@@H](N4)[C@H]3F)nn2)c(O)c1. The normalized spacial score (nSPS) is 27.1. The fourth-order valence-corrected chi connectivity index (χ4v) is 4.01. The minimum atomic E-state index is -0.916. The van der Waals surface area contributed by atoms with Gasteiger partial charge in [-0.15, -0.1) is 16.6 Å². The molecule has 26 heavy (non-hydrogen) atoms. The Bertz CT molecular complexity index is 848. The van der Waals surface area contributed by atoms with Crippen LogP contribution in [0.2, 0.25) is 0 Å². The molecule has 1 aromatic carbocycles. The maximum absolute atomic E-state index is 14.7. The summed E-state index contributed by atoms with van der Waals surface area (Å²) in [4.78, 5) is 1.88. The number of hydrogen-bond donors (Lipinski definition) is 2. The number of nitrogens with one attached hydrogen (secondary N) is 1. The molecule has 3 heterocycles. The van der Waals surface area contributed by atoms with Gasteiger partial charge < -0.3 is 15.3 Å². The van der Waals surface area contributed by atoms with Crippen molar-refractivity contribution in [2.45, 2.75) is 43.6 Å². The summed E-state index contributed by atoms with van der Waals surface area (Å²) in [5, 5.41) is 21.9. The molecule has 6 heteroatoms. The van der Waals surface area contributed by atoms with E-state index in [1.807, 2.05) is 18.0 Å². The van der Waals surface area contributed by atoms with Crippen LogP contribution in [0.3, 0.4) is 0 Å². The van der Waals surface area contributed by atoms with Gasteiger partial charge in [-0.2, -0.15) is 0 Å². The van der Waals surface area contributed by atoms with Crippen LogP contribution >= 0.6 is 0 Å². The molecule has 2 bridgehead atoms. The predicted octanol–water partition coefficient (Wildman–Crippen LogP) is 2.50. The van der Waals surface area contributed by atoms with Gasteiger partial charge in [-0.05, 0) is 49.6 Å². The van der Waals surface area contributed by atoms with Gasteiger partial charge in [0.05, 0.1) is 11.7 Å². The van der Waals surface area contributed by atoms with Crippen LogP contribution in [0.1, 0.15) is 24.8 Å². The van der Waals surface area contributed by atoms with Gasteiger partial charge in [-0.25, -0.2) is 4.39 Å². The van der Waals surface area contributed by atoms with Crippen LogP contribution in [-0.2, 0) is 0 Å². The topological polar surface area (TPSA) is 61.3 Å². The number of alkyl halides is 1. The highest BCUT2D eigenvalue weighted by Crippen LogP contribution is 2.34. The molecule has 0 radical (unpaired) electrons. The maximum atomic E-state index is 14.7. The van der Waals surface area contributed by atoms with Crippen molar-refractivity contribution in [2.24, 2.45) is 0 Å². The van der Waals surface area contributed by atoms with E-state index in [-0.39, 0.29) is 17.8 Å². The molecule has 2 N–H and O–H groups in total. The van der Waals surface area contributed by atoms with Gasteiger partial charge in [-0.1, -0.05) is 5.92 Å². The van der Waals surface area contributed by atoms with E-state index in [9.17, 15) is 9.50 Å². The first kappa shape index (κ1) is 16.8. The van der Waals surface area contributed by atoms with E-state index in [1.165, 1.54) is 6.07 Å². The van der Waals surface area contributed by atoms with Crippen molar-refractivity contribution in [2.75, 3.05) is 11.9 Å². The number of rotatable bonds is 3. The van der Waals surface area contributed by atoms with E-state index in [4.69, 9.17) is 6.42 Å². The molecule has 2 aromatic rings. The summed E-state index contributed by atoms with van der Waals surface area (Å²) >= 11 is 0. The molecular weight excluding hydrogens is 331 g/mol. The molecule has 0 saturated carbocycles. The Labute approximate surface area is 152 Å². The van der Waals surface area contributed by atoms with Crippen molar-refractivity contribution in [3.63, 3.8) is 0 Å². The number of halogens is 1. The van der Waals surface area contributed by atoms with E-state index in [0.29, 0.717) is 28.7 Å². The number of fused-ring (bicyclic) bond motifs is 2. The molecule has 0 amide bonds. The summed E-state index contributed by atoms with van der Waals surface area (Å²) in [7, 11) is 1.87. The number of phenolic OH excluding ortho intramolecular Hbond substituents is 1. The number of benzene rings is 1. The third-order valence-corrected chi connectivity index (χ3v) is 5.50. The van der Waals surface area contributed by atoms with Crippen molar-refractivity contribution in [1.82, 2.24) is 15.5 Å². The molecule has 4 rings (SSSR count). The lowest BCUT2D eigenvalue weighted by Gasteiger charge is -2.38. The van der Waals surface area contributed by atoms with Crippen molar-refractivity contribution in [1.29, 1.82) is 0 Å². The number of terminal acetylenes is 1. The van der Waals surface area contributed by atoms with Crippen LogP contribution in [0.4, 0.5) is 10.2 Å². The summed E-state index contributed by atoms with van der Waals surface area (Å²) in [5.41, 5.74) is 1.71. The standard InChI is InChI=1S/C20H21FN4O/c1-3-12-4-6-14(18(26)10-12)15-8-9-19(24-23-15)25(2)17-11-13-5-7-16(22-13)20(17)21/h1,4,6,8-10,13,16-17,20,22,26H,5,7,11H2,2H3/t13-,16+,17-,20+/m0/s1. The molecule has 2 saturated heterocycles. The Hall–Kier alpha value is -2.65. The van der Waals surface area contributed by atoms with Gasteiger partial charge in [0.25, 0.3) is 0 Å². The third kappa shape index (κ3) is 2.89. The minimum absolute atomic E-state index is 0.0555. The van der Waals surface area contributed by atoms with E-state index in [1.54, 1.807) is 18.2 Å². The second kappa shape index (κ2) is 6.58. The second-order valence-corrected chi connectivity index (χ2v) is 7.06.